The quantitative estimate of drug-likeness (QED) is 0.157. The number of nitrogens with one attached hydrogen (secondary N) is 1. The third-order valence-electron chi connectivity index (χ3n) is 6.33. The molecule has 9 heteroatoms. The third kappa shape index (κ3) is 10.7. The molecule has 4 N–H and O–H groups in total. The van der Waals surface area contributed by atoms with Gasteiger partial charge in [-0.05, 0) is 74.3 Å². The van der Waals surface area contributed by atoms with Gasteiger partial charge in [0.2, 0.25) is 5.91 Å². The van der Waals surface area contributed by atoms with Crippen LogP contribution in [0.2, 0.25) is 0 Å². The molecule has 1 unspecified atom stereocenters. The molecule has 0 radical (unpaired) electrons. The van der Waals surface area contributed by atoms with E-state index in [4.69, 9.17) is 9.79 Å². The van der Waals surface area contributed by atoms with Gasteiger partial charge in [-0.15, -0.1) is 0 Å². The molecule has 0 saturated heterocycles. The van der Waals surface area contributed by atoms with Crippen LogP contribution in [0.25, 0.3) is 0 Å². The number of hydrogen-bond donors (Lipinski definition) is 4. The topological polar surface area (TPSA) is 133 Å². The molecule has 1 aliphatic rings. The van der Waals surface area contributed by atoms with Crippen LogP contribution in [0.4, 0.5) is 0 Å². The average Bonchev–Trinajstić information content (AvgIpc) is 2.78. The number of rotatable bonds is 11. The molecular weight excluding hydrogens is 505 g/mol. The predicted octanol–water partition coefficient (Wildman–Crippen LogP) is 5.80. The summed E-state index contributed by atoms with van der Waals surface area (Å²) in [6.07, 6.45) is 14.8. The van der Waals surface area contributed by atoms with Crippen LogP contribution in [-0.4, -0.2) is 32.8 Å². The maximum atomic E-state index is 12.4. The molecule has 0 fully saturated rings. The van der Waals surface area contributed by atoms with Gasteiger partial charge in [0.25, 0.3) is 0 Å². The van der Waals surface area contributed by atoms with Crippen molar-refractivity contribution in [1.29, 1.82) is 0 Å². The van der Waals surface area contributed by atoms with Crippen molar-refractivity contribution in [2.24, 2.45) is 5.41 Å². The number of allylic oxidation sites excluding steroid dienone is 9. The zero-order valence-corrected chi connectivity index (χ0v) is 23.5. The molecule has 1 aromatic carbocycles. The summed E-state index contributed by atoms with van der Waals surface area (Å²) in [6, 6.07) is 4.42. The summed E-state index contributed by atoms with van der Waals surface area (Å²) in [7, 11) is -4.68. The Balaban J connectivity index is 1.97. The second-order valence-electron chi connectivity index (χ2n) is 10.3. The fraction of sp³-hybridized carbons (Fsp3) is 0.379. The second kappa shape index (κ2) is 13.6. The highest BCUT2D eigenvalue weighted by Crippen LogP contribution is 2.41. The van der Waals surface area contributed by atoms with Crippen LogP contribution in [0.15, 0.2) is 83.0 Å². The zero-order chi connectivity index (χ0) is 28.5. The van der Waals surface area contributed by atoms with Crippen molar-refractivity contribution in [3.05, 3.63) is 88.6 Å². The first-order valence-corrected chi connectivity index (χ1v) is 14.0. The lowest BCUT2D eigenvalue weighted by Gasteiger charge is -2.32. The standard InChI is InChI=1S/C29H38NO7P/c1-20(11-16-25-22(3)10-7-17-29(25,4)5)8-6-9-21(2)18-27(31)30-26(28(32)33)19-23-12-14-24(15-13-23)37-38(34,35)36/h6,8-9,11-16,18,26H,7,10,17,19H2,1-5H3,(H,30,31)(H,32,33)(H2,34,35,36)/b9-6+,16-11+,20-8+,21-18+. The first-order valence-electron chi connectivity index (χ1n) is 12.5. The van der Waals surface area contributed by atoms with Crippen LogP contribution in [0.5, 0.6) is 5.75 Å². The monoisotopic (exact) mass is 543 g/mol. The number of phosphoric acid groups is 1. The summed E-state index contributed by atoms with van der Waals surface area (Å²) in [5, 5.41) is 12.0. The predicted molar refractivity (Wildman–Crippen MR) is 149 cm³/mol. The fourth-order valence-corrected chi connectivity index (χ4v) is 4.76. The number of benzene rings is 1. The van der Waals surface area contributed by atoms with Crippen LogP contribution in [0.1, 0.15) is 59.4 Å². The Labute approximate surface area is 224 Å². The Hall–Kier alpha value is -3.19. The molecule has 0 aromatic heterocycles. The minimum Gasteiger partial charge on any atom is -0.480 e. The zero-order valence-electron chi connectivity index (χ0n) is 22.6. The van der Waals surface area contributed by atoms with Gasteiger partial charge in [-0.2, -0.15) is 0 Å². The van der Waals surface area contributed by atoms with Crippen LogP contribution in [-0.2, 0) is 20.6 Å². The molecule has 1 amide bonds. The summed E-state index contributed by atoms with van der Waals surface area (Å²) in [5.41, 5.74) is 5.29. The van der Waals surface area contributed by atoms with E-state index in [2.05, 4.69) is 42.8 Å². The van der Waals surface area contributed by atoms with Gasteiger partial charge in [0.1, 0.15) is 11.8 Å². The van der Waals surface area contributed by atoms with Crippen LogP contribution >= 0.6 is 7.82 Å². The second-order valence-corrected chi connectivity index (χ2v) is 11.4. The number of amides is 1. The number of carboxylic acid groups (broad SMARTS) is 1. The van der Waals surface area contributed by atoms with Crippen molar-refractivity contribution in [3.8, 4) is 5.75 Å². The lowest BCUT2D eigenvalue weighted by molar-refractivity contribution is -0.141. The Morgan fingerprint density at radius 2 is 1.79 bits per heavy atom. The van der Waals surface area contributed by atoms with Crippen molar-refractivity contribution in [2.45, 2.75) is 66.3 Å². The van der Waals surface area contributed by atoms with E-state index in [0.717, 1.165) is 12.0 Å². The van der Waals surface area contributed by atoms with Gasteiger partial charge in [0, 0.05) is 12.5 Å². The molecule has 8 nitrogen and oxygen atoms in total. The van der Waals surface area contributed by atoms with Gasteiger partial charge in [0.05, 0.1) is 0 Å². The number of carbonyl (C=O) groups is 2. The van der Waals surface area contributed by atoms with E-state index in [0.29, 0.717) is 11.1 Å². The molecule has 0 aliphatic heterocycles. The third-order valence-corrected chi connectivity index (χ3v) is 6.78. The molecule has 0 heterocycles. The maximum Gasteiger partial charge on any atom is 0.524 e. The molecule has 206 valence electrons. The summed E-state index contributed by atoms with van der Waals surface area (Å²) in [5.74, 6) is -1.79. The van der Waals surface area contributed by atoms with Crippen molar-refractivity contribution >= 4 is 19.7 Å². The number of carbonyl (C=O) groups excluding carboxylic acids is 1. The molecule has 0 saturated carbocycles. The van der Waals surface area contributed by atoms with Crippen molar-refractivity contribution in [3.63, 3.8) is 0 Å². The molecule has 0 spiro atoms. The largest absolute Gasteiger partial charge is 0.524 e. The summed E-state index contributed by atoms with van der Waals surface area (Å²) in [4.78, 5) is 41.8. The molecule has 1 aromatic rings. The first kappa shape index (κ1) is 31.0. The van der Waals surface area contributed by atoms with E-state index in [1.807, 2.05) is 19.1 Å². The normalized spacial score (nSPS) is 17.7. The Morgan fingerprint density at radius 3 is 2.37 bits per heavy atom. The van der Waals surface area contributed by atoms with Crippen molar-refractivity contribution < 1.29 is 33.6 Å². The SMILES string of the molecule is CC1=C(/C=C/C(C)=C/C=C/C(C)=C/C(=O)NC(Cc2ccc(OP(=O)(O)O)cc2)C(=O)O)C(C)(C)CCC1. The van der Waals surface area contributed by atoms with Gasteiger partial charge in [-0.3, -0.25) is 14.6 Å². The van der Waals surface area contributed by atoms with Crippen molar-refractivity contribution in [1.82, 2.24) is 5.32 Å². The van der Waals surface area contributed by atoms with Gasteiger partial charge >= 0.3 is 13.8 Å². The number of carboxylic acids is 1. The lowest BCUT2D eigenvalue weighted by Crippen LogP contribution is -2.41. The molecule has 1 aliphatic carbocycles. The molecule has 1 atom stereocenters. The molecule has 38 heavy (non-hydrogen) atoms. The minimum atomic E-state index is -4.68. The van der Waals surface area contributed by atoms with Crippen LogP contribution < -0.4 is 9.84 Å². The highest BCUT2D eigenvalue weighted by molar-refractivity contribution is 7.46. The number of aliphatic carboxylic acids is 1. The van der Waals surface area contributed by atoms with Gasteiger partial charge in [-0.1, -0.05) is 67.5 Å². The van der Waals surface area contributed by atoms with E-state index in [-0.39, 0.29) is 17.6 Å². The molecule has 2 rings (SSSR count). The van der Waals surface area contributed by atoms with Gasteiger partial charge in [0.15, 0.2) is 0 Å². The van der Waals surface area contributed by atoms with E-state index >= 15 is 0 Å². The Bertz CT molecular complexity index is 1210. The van der Waals surface area contributed by atoms with E-state index in [9.17, 15) is 19.3 Å². The summed E-state index contributed by atoms with van der Waals surface area (Å²) >= 11 is 0. The maximum absolute atomic E-state index is 12.4. The van der Waals surface area contributed by atoms with Crippen LogP contribution in [0, 0.1) is 5.41 Å². The summed E-state index contributed by atoms with van der Waals surface area (Å²) in [6.45, 7) is 10.5. The van der Waals surface area contributed by atoms with E-state index < -0.39 is 25.7 Å². The van der Waals surface area contributed by atoms with E-state index in [1.54, 1.807) is 13.0 Å². The first-order chi connectivity index (χ1) is 17.7. The fourth-order valence-electron chi connectivity index (χ4n) is 4.36. The Kier molecular flexibility index (Phi) is 11.1. The summed E-state index contributed by atoms with van der Waals surface area (Å²) < 4.78 is 15.4. The lowest BCUT2D eigenvalue weighted by atomic mass is 9.72. The Morgan fingerprint density at radius 1 is 1.13 bits per heavy atom. The van der Waals surface area contributed by atoms with Gasteiger partial charge < -0.3 is 14.9 Å². The average molecular weight is 544 g/mol. The number of hydrogen-bond acceptors (Lipinski definition) is 4. The van der Waals surface area contributed by atoms with E-state index in [1.165, 1.54) is 54.3 Å². The molecule has 0 bridgehead atoms. The van der Waals surface area contributed by atoms with Gasteiger partial charge in [-0.25, -0.2) is 9.36 Å². The van der Waals surface area contributed by atoms with Crippen LogP contribution in [0.3, 0.4) is 0 Å². The highest BCUT2D eigenvalue weighted by Gasteiger charge is 2.26. The van der Waals surface area contributed by atoms with Crippen molar-refractivity contribution in [2.75, 3.05) is 0 Å². The number of phosphoric ester groups is 1. The minimum absolute atomic E-state index is 0.0129. The highest BCUT2D eigenvalue weighted by atomic mass is 31.2. The smallest absolute Gasteiger partial charge is 0.480 e. The molecular formula is C29H38NO7P.